The Labute approximate surface area is 112 Å². The van der Waals surface area contributed by atoms with E-state index in [1.54, 1.807) is 12.3 Å². The molecule has 0 bridgehead atoms. The van der Waals surface area contributed by atoms with Crippen molar-refractivity contribution in [2.24, 2.45) is 0 Å². The second-order valence-electron chi connectivity index (χ2n) is 4.69. The molecule has 1 aliphatic rings. The lowest BCUT2D eigenvalue weighted by Crippen LogP contribution is -2.33. The number of nitrogens with zero attached hydrogens (tertiary/aromatic N) is 3. The van der Waals surface area contributed by atoms with Crippen molar-refractivity contribution in [2.45, 2.75) is 24.5 Å². The number of rotatable bonds is 2. The molecule has 0 radical (unpaired) electrons. The van der Waals surface area contributed by atoms with Crippen LogP contribution in [0.25, 0.3) is 11.0 Å². The van der Waals surface area contributed by atoms with Crippen LogP contribution in [0.4, 0.5) is 0 Å². The van der Waals surface area contributed by atoms with Gasteiger partial charge in [0.2, 0.25) is 0 Å². The quantitative estimate of drug-likeness (QED) is 0.390. The van der Waals surface area contributed by atoms with Crippen molar-refractivity contribution in [3.63, 3.8) is 0 Å². The van der Waals surface area contributed by atoms with E-state index in [2.05, 4.69) is 4.98 Å². The molecule has 6 N–H and O–H groups in total. The molecule has 9 nitrogen and oxygen atoms in total. The maximum Gasteiger partial charge on any atom is 0.164 e. The van der Waals surface area contributed by atoms with Gasteiger partial charge in [-0.2, -0.15) is 0 Å². The third kappa shape index (κ3) is 1.72. The maximum atomic E-state index is 10.0. The van der Waals surface area contributed by atoms with E-state index in [9.17, 15) is 10.2 Å². The monoisotopic (exact) mass is 281 g/mol. The number of aliphatic hydroxyl groups excluding tert-OH is 3. The lowest BCUT2D eigenvalue weighted by atomic mass is 10.1. The largest absolute Gasteiger partial charge is 0.394 e. The molecule has 0 aliphatic carbocycles. The van der Waals surface area contributed by atoms with Crippen LogP contribution in [0.15, 0.2) is 18.6 Å². The molecule has 0 amide bonds. The third-order valence-electron chi connectivity index (χ3n) is 3.50. The highest BCUT2D eigenvalue weighted by Crippen LogP contribution is 2.31. The number of nitrogens with two attached hydrogens (primary N) is 1. The molecular weight excluding hydrogens is 266 g/mol. The molecule has 1 fully saturated rings. The minimum atomic E-state index is -1.19. The van der Waals surface area contributed by atoms with E-state index in [0.717, 1.165) is 4.68 Å². The first kappa shape index (κ1) is 13.1. The van der Waals surface area contributed by atoms with Gasteiger partial charge < -0.3 is 30.5 Å². The van der Waals surface area contributed by atoms with Crippen LogP contribution in [0.1, 0.15) is 6.23 Å². The van der Waals surface area contributed by atoms with Crippen molar-refractivity contribution < 1.29 is 20.1 Å². The number of nitrogen functional groups attached to an aromatic ring is 1. The number of ether oxygens (including phenoxy) is 1. The second-order valence-corrected chi connectivity index (χ2v) is 4.69. The zero-order valence-corrected chi connectivity index (χ0v) is 10.4. The topological polar surface area (TPSA) is 143 Å². The van der Waals surface area contributed by atoms with E-state index in [0.29, 0.717) is 11.0 Å². The van der Waals surface area contributed by atoms with Gasteiger partial charge in [-0.3, -0.25) is 5.41 Å². The summed E-state index contributed by atoms with van der Waals surface area (Å²) in [5.74, 6) is 5.55. The third-order valence-corrected chi connectivity index (χ3v) is 3.50. The number of fused-ring (bicyclic) bond motifs is 1. The van der Waals surface area contributed by atoms with Crippen molar-refractivity contribution in [3.8, 4) is 0 Å². The fraction of sp³-hybridized carbons (Fsp3) is 0.455. The minimum Gasteiger partial charge on any atom is -0.394 e. The van der Waals surface area contributed by atoms with E-state index in [4.69, 9.17) is 21.1 Å². The van der Waals surface area contributed by atoms with E-state index in [-0.39, 0.29) is 5.49 Å². The van der Waals surface area contributed by atoms with Crippen LogP contribution in [0.2, 0.25) is 0 Å². The van der Waals surface area contributed by atoms with Crippen molar-refractivity contribution in [3.05, 3.63) is 24.1 Å². The molecule has 20 heavy (non-hydrogen) atoms. The molecule has 1 aliphatic heterocycles. The van der Waals surface area contributed by atoms with Gasteiger partial charge in [0.25, 0.3) is 0 Å². The second kappa shape index (κ2) is 4.56. The summed E-state index contributed by atoms with van der Waals surface area (Å²) in [5.41, 5.74) is 0.479. The van der Waals surface area contributed by atoms with Crippen LogP contribution in [0.3, 0.4) is 0 Å². The molecule has 108 valence electrons. The standard InChI is InChI=1S/C11H15N5O4/c12-9-5-1-2-15(10(5)14-4-16(9)13)11-8(19)7(18)6(3-17)20-11/h1-2,4,6-8,11-12,17-19H,3,13H2. The van der Waals surface area contributed by atoms with E-state index in [1.165, 1.54) is 10.9 Å². The highest BCUT2D eigenvalue weighted by molar-refractivity contribution is 5.74. The molecule has 1 saturated heterocycles. The van der Waals surface area contributed by atoms with Crippen molar-refractivity contribution in [1.29, 1.82) is 5.41 Å². The van der Waals surface area contributed by atoms with E-state index < -0.39 is 31.1 Å². The molecule has 3 heterocycles. The fourth-order valence-electron chi connectivity index (χ4n) is 2.39. The van der Waals surface area contributed by atoms with Gasteiger partial charge in [-0.25, -0.2) is 9.66 Å². The van der Waals surface area contributed by atoms with Crippen LogP contribution >= 0.6 is 0 Å². The SMILES string of the molecule is N=c1c2ccn(C3OC(CO)C(O)C3O)c2ncn1N. The summed E-state index contributed by atoms with van der Waals surface area (Å²) in [6.07, 6.45) is -1.23. The summed E-state index contributed by atoms with van der Waals surface area (Å²) < 4.78 is 8.02. The number of nitrogens with one attached hydrogen (secondary N) is 1. The Balaban J connectivity index is 2.08. The molecule has 4 unspecified atom stereocenters. The lowest BCUT2D eigenvalue weighted by molar-refractivity contribution is -0.0508. The first-order chi connectivity index (χ1) is 9.54. The van der Waals surface area contributed by atoms with Gasteiger partial charge in [0.1, 0.15) is 30.3 Å². The Bertz CT molecular complexity index is 696. The Morgan fingerprint density at radius 2 is 2.15 bits per heavy atom. The smallest absolute Gasteiger partial charge is 0.164 e. The number of hydrogen-bond acceptors (Lipinski definition) is 7. The van der Waals surface area contributed by atoms with Gasteiger partial charge in [0.05, 0.1) is 12.0 Å². The lowest BCUT2D eigenvalue weighted by Gasteiger charge is -2.17. The zero-order chi connectivity index (χ0) is 14.4. The summed E-state index contributed by atoms with van der Waals surface area (Å²) in [4.78, 5) is 4.10. The summed E-state index contributed by atoms with van der Waals surface area (Å²) in [6.45, 7) is -0.395. The molecule has 9 heteroatoms. The minimum absolute atomic E-state index is 0.0699. The van der Waals surface area contributed by atoms with Crippen molar-refractivity contribution in [2.75, 3.05) is 12.4 Å². The predicted molar refractivity (Wildman–Crippen MR) is 66.7 cm³/mol. The summed E-state index contributed by atoms with van der Waals surface area (Å²) in [5, 5.41) is 37.2. The highest BCUT2D eigenvalue weighted by atomic mass is 16.6. The van der Waals surface area contributed by atoms with Crippen LogP contribution in [-0.4, -0.2) is 54.5 Å². The highest BCUT2D eigenvalue weighted by Gasteiger charge is 2.43. The first-order valence-electron chi connectivity index (χ1n) is 6.05. The van der Waals surface area contributed by atoms with Gasteiger partial charge in [-0.15, -0.1) is 0 Å². The van der Waals surface area contributed by atoms with Crippen LogP contribution in [0, 0.1) is 5.41 Å². The summed E-state index contributed by atoms with van der Waals surface area (Å²) >= 11 is 0. The Kier molecular flexibility index (Phi) is 2.98. The molecular formula is C11H15N5O4. The number of aliphatic hydroxyl groups is 3. The number of aromatic nitrogens is 3. The Hall–Kier alpha value is -1.94. The van der Waals surface area contributed by atoms with Crippen molar-refractivity contribution in [1.82, 2.24) is 14.2 Å². The fourth-order valence-corrected chi connectivity index (χ4v) is 2.39. The first-order valence-corrected chi connectivity index (χ1v) is 6.05. The maximum absolute atomic E-state index is 10.0. The molecule has 2 aromatic rings. The molecule has 4 atom stereocenters. The predicted octanol–water partition coefficient (Wildman–Crippen LogP) is -2.36. The molecule has 0 saturated carbocycles. The normalized spacial score (nSPS) is 30.1. The molecule has 2 aromatic heterocycles. The Morgan fingerprint density at radius 3 is 2.80 bits per heavy atom. The molecule has 0 aromatic carbocycles. The van der Waals surface area contributed by atoms with E-state index in [1.807, 2.05) is 0 Å². The summed E-state index contributed by atoms with van der Waals surface area (Å²) in [7, 11) is 0. The molecule has 3 rings (SSSR count). The van der Waals surface area contributed by atoms with Crippen LogP contribution in [-0.2, 0) is 4.74 Å². The van der Waals surface area contributed by atoms with Gasteiger partial charge >= 0.3 is 0 Å². The van der Waals surface area contributed by atoms with Gasteiger partial charge in [0.15, 0.2) is 11.7 Å². The Morgan fingerprint density at radius 1 is 1.40 bits per heavy atom. The van der Waals surface area contributed by atoms with Crippen LogP contribution in [0.5, 0.6) is 0 Å². The average Bonchev–Trinajstić information content (AvgIpc) is 2.98. The van der Waals surface area contributed by atoms with Gasteiger partial charge in [-0.05, 0) is 6.07 Å². The van der Waals surface area contributed by atoms with E-state index >= 15 is 0 Å². The summed E-state index contributed by atoms with van der Waals surface area (Å²) in [6, 6.07) is 1.63. The van der Waals surface area contributed by atoms with Gasteiger partial charge in [-0.1, -0.05) is 0 Å². The van der Waals surface area contributed by atoms with Crippen LogP contribution < -0.4 is 11.3 Å². The average molecular weight is 281 g/mol. The molecule has 0 spiro atoms. The van der Waals surface area contributed by atoms with Crippen molar-refractivity contribution >= 4 is 11.0 Å². The zero-order valence-electron chi connectivity index (χ0n) is 10.4. The number of hydrogen-bond donors (Lipinski definition) is 5. The van der Waals surface area contributed by atoms with Gasteiger partial charge in [0, 0.05) is 6.20 Å².